The molecule has 29 heavy (non-hydrogen) atoms. The summed E-state index contributed by atoms with van der Waals surface area (Å²) in [7, 11) is 0. The summed E-state index contributed by atoms with van der Waals surface area (Å²) in [5, 5.41) is 4.32. The Kier molecular flexibility index (Phi) is 6.11. The summed E-state index contributed by atoms with van der Waals surface area (Å²) in [5.74, 6) is -0.578. The second-order valence-electron chi connectivity index (χ2n) is 7.46. The highest BCUT2D eigenvalue weighted by Gasteiger charge is 2.45. The number of nitrogens with zero attached hydrogens (tertiary/aromatic N) is 4. The maximum atomic E-state index is 13.4. The van der Waals surface area contributed by atoms with Crippen LogP contribution in [0.25, 0.3) is 10.4 Å². The van der Waals surface area contributed by atoms with E-state index in [1.165, 1.54) is 0 Å². The number of hydrogen-bond donors (Lipinski definition) is 0. The van der Waals surface area contributed by atoms with Crippen molar-refractivity contribution in [3.8, 4) is 0 Å². The largest absolute Gasteiger partial charge is 0.447 e. The van der Waals surface area contributed by atoms with Crippen molar-refractivity contribution >= 4 is 23.6 Å². The first-order valence-electron chi connectivity index (χ1n) is 9.18. The molecule has 0 bridgehead atoms. The zero-order valence-corrected chi connectivity index (χ0v) is 16.9. The van der Waals surface area contributed by atoms with E-state index < -0.39 is 29.5 Å². The number of carbonyl (C=O) groups excluding carboxylic acids is 2. The second-order valence-corrected chi connectivity index (χ2v) is 7.90. The number of cyclic esters (lactones) is 1. The Balaban J connectivity index is 1.91. The van der Waals surface area contributed by atoms with Gasteiger partial charge in [-0.15, -0.1) is 0 Å². The Hall–Kier alpha value is -3.02. The Morgan fingerprint density at radius 3 is 2.55 bits per heavy atom. The van der Waals surface area contributed by atoms with Crippen LogP contribution in [0.4, 0.5) is 4.79 Å². The molecule has 0 radical (unpaired) electrons. The summed E-state index contributed by atoms with van der Waals surface area (Å²) >= 11 is 5.97. The van der Waals surface area contributed by atoms with E-state index in [0.29, 0.717) is 11.4 Å². The van der Waals surface area contributed by atoms with Crippen molar-refractivity contribution in [3.63, 3.8) is 0 Å². The molecule has 2 unspecified atom stereocenters. The van der Waals surface area contributed by atoms with Gasteiger partial charge in [0.25, 0.3) is 0 Å². The van der Waals surface area contributed by atoms with E-state index in [0.717, 1.165) is 16.0 Å². The molecule has 0 spiro atoms. The van der Waals surface area contributed by atoms with Crippen molar-refractivity contribution in [3.05, 3.63) is 81.2 Å². The Bertz CT molecular complexity index is 940. The van der Waals surface area contributed by atoms with Crippen molar-refractivity contribution < 1.29 is 14.3 Å². The number of hydrogen-bond acceptors (Lipinski definition) is 4. The maximum Gasteiger partial charge on any atom is 0.416 e. The minimum absolute atomic E-state index is 0.101. The fourth-order valence-corrected chi connectivity index (χ4v) is 3.62. The smallest absolute Gasteiger partial charge is 0.416 e. The fraction of sp³-hybridized carbons (Fsp3) is 0.333. The average molecular weight is 413 g/mol. The van der Waals surface area contributed by atoms with Gasteiger partial charge in [0.15, 0.2) is 0 Å². The zero-order valence-electron chi connectivity index (χ0n) is 16.2. The molecule has 150 valence electrons. The van der Waals surface area contributed by atoms with Crippen molar-refractivity contribution in [2.24, 2.45) is 5.11 Å². The highest BCUT2D eigenvalue weighted by atomic mass is 35.5. The third-order valence-corrected chi connectivity index (χ3v) is 5.44. The normalized spacial score (nSPS) is 17.4. The van der Waals surface area contributed by atoms with E-state index in [-0.39, 0.29) is 6.61 Å². The molecule has 7 nitrogen and oxygen atoms in total. The number of carbonyl (C=O) groups is 2. The molecule has 2 atom stereocenters. The van der Waals surface area contributed by atoms with E-state index in [1.807, 2.05) is 30.3 Å². The topological polar surface area (TPSA) is 95.4 Å². The molecule has 0 aliphatic carbocycles. The van der Waals surface area contributed by atoms with Gasteiger partial charge in [0.2, 0.25) is 5.91 Å². The van der Waals surface area contributed by atoms with E-state index in [2.05, 4.69) is 10.0 Å². The van der Waals surface area contributed by atoms with E-state index in [4.69, 9.17) is 21.9 Å². The summed E-state index contributed by atoms with van der Waals surface area (Å²) in [6.07, 6.45) is -0.260. The minimum Gasteiger partial charge on any atom is -0.447 e. The van der Waals surface area contributed by atoms with Gasteiger partial charge in [-0.25, -0.2) is 9.69 Å². The number of benzene rings is 2. The molecule has 1 saturated heterocycles. The second kappa shape index (κ2) is 8.55. The molecular weight excluding hydrogens is 392 g/mol. The molecule has 8 heteroatoms. The third kappa shape index (κ3) is 4.36. The molecule has 1 aliphatic heterocycles. The molecule has 2 aromatic rings. The van der Waals surface area contributed by atoms with Crippen molar-refractivity contribution in [2.75, 3.05) is 6.61 Å². The molecule has 0 saturated carbocycles. The average Bonchev–Trinajstić information content (AvgIpc) is 3.06. The molecule has 0 aromatic heterocycles. The minimum atomic E-state index is -1.13. The van der Waals surface area contributed by atoms with Gasteiger partial charge in [-0.1, -0.05) is 73.0 Å². The monoisotopic (exact) mass is 412 g/mol. The summed E-state index contributed by atoms with van der Waals surface area (Å²) < 4.78 is 5.15. The number of ether oxygens (including phenoxy) is 1. The predicted molar refractivity (Wildman–Crippen MR) is 110 cm³/mol. The standard InChI is InChI=1S/C21H21ClN4O3/c1-21(2,15-8-10-16(22)11-9-15)18(24-25-23)19(27)26-17(13-29-20(26)28)12-14-6-4-3-5-7-14/h3-11,17-18H,12-13H2,1-2H3. The molecule has 1 heterocycles. The van der Waals surface area contributed by atoms with Crippen LogP contribution in [0.15, 0.2) is 59.7 Å². The van der Waals surface area contributed by atoms with Crippen molar-refractivity contribution in [1.29, 1.82) is 0 Å². The maximum absolute atomic E-state index is 13.4. The highest BCUT2D eigenvalue weighted by molar-refractivity contribution is 6.30. The first-order chi connectivity index (χ1) is 13.8. The van der Waals surface area contributed by atoms with Crippen LogP contribution in [-0.4, -0.2) is 35.6 Å². The van der Waals surface area contributed by atoms with Gasteiger partial charge in [0.05, 0.1) is 6.04 Å². The zero-order chi connectivity index (χ0) is 21.0. The predicted octanol–water partition coefficient (Wildman–Crippen LogP) is 4.89. The number of azide groups is 1. The van der Waals surface area contributed by atoms with Gasteiger partial charge in [-0.05, 0) is 35.2 Å². The van der Waals surface area contributed by atoms with Crippen molar-refractivity contribution in [1.82, 2.24) is 4.90 Å². The van der Waals surface area contributed by atoms with E-state index in [1.54, 1.807) is 38.1 Å². The number of amides is 2. The first-order valence-corrected chi connectivity index (χ1v) is 9.56. The lowest BCUT2D eigenvalue weighted by Crippen LogP contribution is -2.50. The molecule has 2 aromatic carbocycles. The van der Waals surface area contributed by atoms with Crippen LogP contribution in [0.3, 0.4) is 0 Å². The Labute approximate surface area is 173 Å². The number of halogens is 1. The fourth-order valence-electron chi connectivity index (χ4n) is 3.49. The van der Waals surface area contributed by atoms with Gasteiger partial charge in [0, 0.05) is 15.3 Å². The third-order valence-electron chi connectivity index (χ3n) is 5.19. The molecule has 1 aliphatic rings. The summed E-state index contributed by atoms with van der Waals surface area (Å²) in [4.78, 5) is 29.7. The first kappa shape index (κ1) is 20.7. The van der Waals surface area contributed by atoms with Crippen LogP contribution in [0.2, 0.25) is 5.02 Å². The molecular formula is C21H21ClN4O3. The lowest BCUT2D eigenvalue weighted by Gasteiger charge is -2.33. The lowest BCUT2D eigenvalue weighted by molar-refractivity contribution is -0.131. The van der Waals surface area contributed by atoms with Gasteiger partial charge in [0.1, 0.15) is 12.6 Å². The van der Waals surface area contributed by atoms with Crippen LogP contribution in [0, 0.1) is 0 Å². The van der Waals surface area contributed by atoms with E-state index in [9.17, 15) is 9.59 Å². The summed E-state index contributed by atoms with van der Waals surface area (Å²) in [6, 6.07) is 14.9. The number of rotatable bonds is 6. The van der Waals surface area contributed by atoms with Gasteiger partial charge >= 0.3 is 6.09 Å². The van der Waals surface area contributed by atoms with Crippen LogP contribution < -0.4 is 0 Å². The van der Waals surface area contributed by atoms with Gasteiger partial charge in [-0.2, -0.15) is 0 Å². The summed E-state index contributed by atoms with van der Waals surface area (Å²) in [5.41, 5.74) is 9.97. The molecule has 2 amide bonds. The van der Waals surface area contributed by atoms with Crippen LogP contribution in [-0.2, 0) is 21.4 Å². The number of imide groups is 1. The highest BCUT2D eigenvalue weighted by Crippen LogP contribution is 2.33. The lowest BCUT2D eigenvalue weighted by atomic mass is 9.77. The quantitative estimate of drug-likeness (QED) is 0.384. The van der Waals surface area contributed by atoms with E-state index >= 15 is 0 Å². The Morgan fingerprint density at radius 2 is 1.93 bits per heavy atom. The SMILES string of the molecule is CC(C)(c1ccc(Cl)cc1)C(N=[N+]=[N-])C(=O)N1C(=O)OCC1Cc1ccccc1. The molecule has 1 fully saturated rings. The van der Waals surface area contributed by atoms with Gasteiger partial charge < -0.3 is 4.74 Å². The molecule has 0 N–H and O–H groups in total. The van der Waals surface area contributed by atoms with Gasteiger partial charge in [-0.3, -0.25) is 4.79 Å². The molecule has 3 rings (SSSR count). The van der Waals surface area contributed by atoms with Crippen LogP contribution in [0.1, 0.15) is 25.0 Å². The van der Waals surface area contributed by atoms with Crippen LogP contribution in [0.5, 0.6) is 0 Å². The Morgan fingerprint density at radius 1 is 1.28 bits per heavy atom. The summed E-state index contributed by atoms with van der Waals surface area (Å²) in [6.45, 7) is 3.69. The van der Waals surface area contributed by atoms with Crippen molar-refractivity contribution in [2.45, 2.75) is 37.8 Å². The van der Waals surface area contributed by atoms with Crippen LogP contribution >= 0.6 is 11.6 Å².